The zero-order valence-corrected chi connectivity index (χ0v) is 16.8. The second-order valence-corrected chi connectivity index (χ2v) is 8.71. The maximum Gasteiger partial charge on any atom is 0.357 e. The third kappa shape index (κ3) is 7.51. The van der Waals surface area contributed by atoms with Crippen LogP contribution in [0.3, 0.4) is 0 Å². The van der Waals surface area contributed by atoms with Crippen LogP contribution in [-0.2, 0) is 6.42 Å². The number of halogens is 1. The lowest BCUT2D eigenvalue weighted by atomic mass is 10.1. The van der Waals surface area contributed by atoms with Gasteiger partial charge in [-0.1, -0.05) is 44.2 Å². The fourth-order valence-electron chi connectivity index (χ4n) is 2.36. The van der Waals surface area contributed by atoms with Crippen molar-refractivity contribution in [2.45, 2.75) is 39.0 Å². The molecule has 2 aromatic carbocycles. The fraction of sp³-hybridized carbons (Fsp3) is 0.250. The fourth-order valence-corrected chi connectivity index (χ4v) is 4.52. The summed E-state index contributed by atoms with van der Waals surface area (Å²) in [5.74, 6) is 13.1. The molecule has 0 bridgehead atoms. The molecule has 25 heavy (non-hydrogen) atoms. The van der Waals surface area contributed by atoms with Crippen molar-refractivity contribution >= 4 is 0 Å². The Bertz CT molecular complexity index is 813. The Morgan fingerprint density at radius 3 is 2.12 bits per heavy atom. The lowest BCUT2D eigenvalue weighted by molar-refractivity contribution is -0.597. The van der Waals surface area contributed by atoms with Gasteiger partial charge in [0.05, 0.1) is 0 Å². The van der Waals surface area contributed by atoms with E-state index in [9.17, 15) is 0 Å². The number of terminal acetylenes is 1. The summed E-state index contributed by atoms with van der Waals surface area (Å²) in [7, 11) is 0. The maximum absolute atomic E-state index is 5.06. The number of aryl methyl sites for hydroxylation is 1. The van der Waals surface area contributed by atoms with Gasteiger partial charge in [0.15, 0.2) is 7.14 Å². The zero-order chi connectivity index (χ0) is 17.7. The highest BCUT2D eigenvalue weighted by atomic mass is 127. The van der Waals surface area contributed by atoms with Crippen molar-refractivity contribution in [3.05, 3.63) is 66.8 Å². The minimum atomic E-state index is -0.139. The molecule has 0 unspecified atom stereocenters. The summed E-state index contributed by atoms with van der Waals surface area (Å²) < 4.78 is 2.85. The van der Waals surface area contributed by atoms with Gasteiger partial charge in [0.1, 0.15) is 0 Å². The van der Waals surface area contributed by atoms with Gasteiger partial charge in [-0.3, -0.25) is 0 Å². The van der Waals surface area contributed by atoms with Crippen molar-refractivity contribution in [2.75, 3.05) is 0 Å². The van der Waals surface area contributed by atoms with Crippen LogP contribution in [0.25, 0.3) is 0 Å². The molecule has 0 aliphatic carbocycles. The molecule has 0 aromatic heterocycles. The number of benzene rings is 2. The van der Waals surface area contributed by atoms with E-state index in [1.54, 1.807) is 0 Å². The Balaban J connectivity index is 1.89. The SMILES string of the molecule is C#CC#CC#Cc1ccc([I+]c2ccc(CCCCCC)cc2)cc1. The molecule has 2 aromatic rings. The quantitative estimate of drug-likeness (QED) is 0.353. The Morgan fingerprint density at radius 1 is 0.800 bits per heavy atom. The first-order valence-corrected chi connectivity index (χ1v) is 10.8. The zero-order valence-electron chi connectivity index (χ0n) is 14.6. The standard InChI is InChI=1S/C24H22I/c1-3-5-7-9-11-21-13-17-23(18-14-21)25-24-19-15-22(16-20-24)12-10-8-6-4-2/h1,13-20H,4,6,8,10,12H2,2H3/q+1. The topological polar surface area (TPSA) is 0 Å². The van der Waals surface area contributed by atoms with E-state index in [4.69, 9.17) is 6.42 Å². The first-order valence-electron chi connectivity index (χ1n) is 8.62. The molecule has 0 fully saturated rings. The lowest BCUT2D eigenvalue weighted by Crippen LogP contribution is -3.61. The van der Waals surface area contributed by atoms with E-state index in [-0.39, 0.29) is 21.2 Å². The van der Waals surface area contributed by atoms with Crippen LogP contribution >= 0.6 is 0 Å². The van der Waals surface area contributed by atoms with E-state index in [0.717, 1.165) is 5.56 Å². The van der Waals surface area contributed by atoms with E-state index in [1.165, 1.54) is 44.8 Å². The van der Waals surface area contributed by atoms with Gasteiger partial charge in [0.2, 0.25) is 0 Å². The first kappa shape index (κ1) is 19.2. The van der Waals surface area contributed by atoms with E-state index < -0.39 is 0 Å². The first-order chi connectivity index (χ1) is 12.3. The molecular weight excluding hydrogens is 415 g/mol. The van der Waals surface area contributed by atoms with Crippen LogP contribution in [-0.4, -0.2) is 0 Å². The van der Waals surface area contributed by atoms with Gasteiger partial charge in [-0.25, -0.2) is 0 Å². The molecule has 0 radical (unpaired) electrons. The highest BCUT2D eigenvalue weighted by Gasteiger charge is 2.14. The lowest BCUT2D eigenvalue weighted by Gasteiger charge is -2.00. The number of unbranched alkanes of at least 4 members (excludes halogenated alkanes) is 3. The molecule has 0 aliphatic heterocycles. The molecule has 0 saturated carbocycles. The van der Waals surface area contributed by atoms with Crippen molar-refractivity contribution < 1.29 is 21.2 Å². The van der Waals surface area contributed by atoms with Gasteiger partial charge in [-0.05, 0) is 78.5 Å². The molecule has 0 atom stereocenters. The minimum Gasteiger partial charge on any atom is -0.106 e. The molecule has 0 N–H and O–H groups in total. The summed E-state index contributed by atoms with van der Waals surface area (Å²) in [4.78, 5) is 0. The highest BCUT2D eigenvalue weighted by molar-refractivity contribution is 5.41. The number of rotatable bonds is 7. The van der Waals surface area contributed by atoms with Crippen LogP contribution in [0.5, 0.6) is 0 Å². The van der Waals surface area contributed by atoms with E-state index in [2.05, 4.69) is 85.1 Å². The summed E-state index contributed by atoms with van der Waals surface area (Å²) in [6, 6.07) is 17.6. The van der Waals surface area contributed by atoms with Gasteiger partial charge in [-0.2, -0.15) is 0 Å². The Hall–Kier alpha value is -2.15. The van der Waals surface area contributed by atoms with Crippen LogP contribution in [0.2, 0.25) is 0 Å². The average Bonchev–Trinajstić information content (AvgIpc) is 2.65. The van der Waals surface area contributed by atoms with Crippen molar-refractivity contribution in [1.82, 2.24) is 0 Å². The molecule has 0 amide bonds. The van der Waals surface area contributed by atoms with Gasteiger partial charge >= 0.3 is 21.2 Å². The molecule has 124 valence electrons. The minimum absolute atomic E-state index is 0.139. The molecule has 0 aliphatic rings. The van der Waals surface area contributed by atoms with Gasteiger partial charge in [0.25, 0.3) is 0 Å². The predicted octanol–water partition coefficient (Wildman–Crippen LogP) is 1.93. The van der Waals surface area contributed by atoms with Gasteiger partial charge in [0, 0.05) is 5.56 Å². The molecule has 0 spiro atoms. The third-order valence-corrected chi connectivity index (χ3v) is 6.38. The summed E-state index contributed by atoms with van der Waals surface area (Å²) in [6.45, 7) is 2.25. The van der Waals surface area contributed by atoms with Gasteiger partial charge < -0.3 is 0 Å². The Kier molecular flexibility index (Phi) is 8.75. The molecule has 0 saturated heterocycles. The van der Waals surface area contributed by atoms with Crippen molar-refractivity contribution in [3.63, 3.8) is 0 Å². The van der Waals surface area contributed by atoms with Crippen LogP contribution < -0.4 is 21.2 Å². The molecule has 0 nitrogen and oxygen atoms in total. The monoisotopic (exact) mass is 437 g/mol. The summed E-state index contributed by atoms with van der Waals surface area (Å²) in [5, 5.41) is 0. The summed E-state index contributed by atoms with van der Waals surface area (Å²) >= 11 is -0.139. The summed E-state index contributed by atoms with van der Waals surface area (Å²) in [6.07, 6.45) is 11.6. The van der Waals surface area contributed by atoms with Crippen molar-refractivity contribution in [3.8, 4) is 36.0 Å². The van der Waals surface area contributed by atoms with E-state index >= 15 is 0 Å². The normalized spacial score (nSPS) is 9.28. The highest BCUT2D eigenvalue weighted by Crippen LogP contribution is 2.07. The second kappa shape index (κ2) is 11.4. The number of hydrogen-bond acceptors (Lipinski definition) is 0. The van der Waals surface area contributed by atoms with Crippen LogP contribution in [0.4, 0.5) is 0 Å². The molecule has 2 rings (SSSR count). The smallest absolute Gasteiger partial charge is 0.106 e. The Morgan fingerprint density at radius 2 is 1.48 bits per heavy atom. The van der Waals surface area contributed by atoms with E-state index in [0.29, 0.717) is 0 Å². The molecular formula is C24H22I+. The Labute approximate surface area is 162 Å². The third-order valence-electron chi connectivity index (χ3n) is 3.70. The van der Waals surface area contributed by atoms with Crippen LogP contribution in [0.15, 0.2) is 48.5 Å². The van der Waals surface area contributed by atoms with Crippen LogP contribution in [0, 0.1) is 43.2 Å². The number of hydrogen-bond donors (Lipinski definition) is 0. The second-order valence-electron chi connectivity index (χ2n) is 5.68. The molecule has 0 heterocycles. The van der Waals surface area contributed by atoms with Gasteiger partial charge in [-0.15, -0.1) is 6.42 Å². The predicted molar refractivity (Wildman–Crippen MR) is 102 cm³/mol. The average molecular weight is 437 g/mol. The van der Waals surface area contributed by atoms with Crippen molar-refractivity contribution in [2.24, 2.45) is 0 Å². The van der Waals surface area contributed by atoms with Crippen LogP contribution in [0.1, 0.15) is 43.7 Å². The summed E-state index contributed by atoms with van der Waals surface area (Å²) in [5.41, 5.74) is 2.43. The largest absolute Gasteiger partial charge is 0.357 e. The van der Waals surface area contributed by atoms with E-state index in [1.807, 2.05) is 0 Å². The maximum atomic E-state index is 5.06. The van der Waals surface area contributed by atoms with Crippen molar-refractivity contribution in [1.29, 1.82) is 0 Å². The molecule has 1 heteroatoms.